The van der Waals surface area contributed by atoms with Gasteiger partial charge >= 0.3 is 0 Å². The summed E-state index contributed by atoms with van der Waals surface area (Å²) in [6.45, 7) is 3.04. The predicted molar refractivity (Wildman–Crippen MR) is 109 cm³/mol. The molecule has 3 rings (SSSR count). The zero-order valence-corrected chi connectivity index (χ0v) is 16.1. The van der Waals surface area contributed by atoms with Crippen LogP contribution in [-0.4, -0.2) is 41.7 Å². The molecule has 1 saturated heterocycles. The van der Waals surface area contributed by atoms with Crippen molar-refractivity contribution in [1.29, 1.82) is 0 Å². The minimum atomic E-state index is 0.0345. The summed E-state index contributed by atoms with van der Waals surface area (Å²) in [5.41, 5.74) is 1.92. The zero-order chi connectivity index (χ0) is 19.1. The monoisotopic (exact) mass is 383 g/mol. The van der Waals surface area contributed by atoms with E-state index < -0.39 is 0 Å². The van der Waals surface area contributed by atoms with Crippen LogP contribution >= 0.6 is 11.8 Å². The van der Waals surface area contributed by atoms with Crippen LogP contribution in [0.25, 0.3) is 0 Å². The van der Waals surface area contributed by atoms with Crippen LogP contribution in [0.5, 0.6) is 11.5 Å². The molecule has 6 nitrogen and oxygen atoms in total. The molecule has 0 spiro atoms. The number of ether oxygens (including phenoxy) is 2. The number of benzene rings is 2. The maximum atomic E-state index is 12.2. The molecule has 0 bridgehead atoms. The molecule has 7 heteroatoms. The average molecular weight is 383 g/mol. The molecule has 2 aromatic rings. The second-order valence-corrected chi connectivity index (χ2v) is 6.69. The number of hydrogen-bond acceptors (Lipinski definition) is 6. The lowest BCUT2D eigenvalue weighted by Gasteiger charge is -2.15. The van der Waals surface area contributed by atoms with Crippen LogP contribution in [0.15, 0.2) is 58.7 Å². The quantitative estimate of drug-likeness (QED) is 0.542. The topological polar surface area (TPSA) is 63.5 Å². The normalized spacial score (nSPS) is 15.7. The molecule has 0 atom stereocenters. The van der Waals surface area contributed by atoms with E-state index in [2.05, 4.69) is 10.2 Å². The second-order valence-electron chi connectivity index (χ2n) is 5.75. The Kier molecular flexibility index (Phi) is 6.49. The SMILES string of the molecule is CCOc1ccc(CN2C(=O)CS/C2=N/N=C\c2ccc(OC)cc2)cc1. The fourth-order valence-corrected chi connectivity index (χ4v) is 3.34. The Morgan fingerprint density at radius 3 is 2.48 bits per heavy atom. The Hall–Kier alpha value is -2.80. The first kappa shape index (κ1) is 19.0. The number of rotatable bonds is 7. The van der Waals surface area contributed by atoms with Crippen molar-refractivity contribution in [2.45, 2.75) is 13.5 Å². The molecule has 1 aliphatic rings. The van der Waals surface area contributed by atoms with Crippen LogP contribution in [0.1, 0.15) is 18.1 Å². The number of methoxy groups -OCH3 is 1. The van der Waals surface area contributed by atoms with E-state index >= 15 is 0 Å². The summed E-state index contributed by atoms with van der Waals surface area (Å²) in [5.74, 6) is 2.03. The summed E-state index contributed by atoms with van der Waals surface area (Å²) in [5, 5.41) is 8.98. The lowest BCUT2D eigenvalue weighted by Crippen LogP contribution is -2.28. The highest BCUT2D eigenvalue weighted by Gasteiger charge is 2.28. The van der Waals surface area contributed by atoms with Crippen LogP contribution in [0.2, 0.25) is 0 Å². The van der Waals surface area contributed by atoms with Crippen LogP contribution < -0.4 is 9.47 Å². The largest absolute Gasteiger partial charge is 0.497 e. The Bertz CT molecular complexity index is 833. The van der Waals surface area contributed by atoms with Gasteiger partial charge in [0.05, 0.1) is 32.2 Å². The van der Waals surface area contributed by atoms with E-state index in [1.54, 1.807) is 18.2 Å². The van der Waals surface area contributed by atoms with Gasteiger partial charge in [0.1, 0.15) is 11.5 Å². The van der Waals surface area contributed by atoms with Crippen molar-refractivity contribution in [2.24, 2.45) is 10.2 Å². The number of hydrogen-bond donors (Lipinski definition) is 0. The van der Waals surface area contributed by atoms with Gasteiger partial charge < -0.3 is 9.47 Å². The summed E-state index contributed by atoms with van der Waals surface area (Å²) in [7, 11) is 1.63. The molecule has 1 fully saturated rings. The average Bonchev–Trinajstić information content (AvgIpc) is 3.04. The molecule has 2 aromatic carbocycles. The van der Waals surface area contributed by atoms with Crippen molar-refractivity contribution < 1.29 is 14.3 Å². The van der Waals surface area contributed by atoms with Crippen LogP contribution in [0, 0.1) is 0 Å². The van der Waals surface area contributed by atoms with Crippen molar-refractivity contribution >= 4 is 29.1 Å². The molecule has 1 amide bonds. The first-order valence-electron chi connectivity index (χ1n) is 8.59. The van der Waals surface area contributed by atoms with Crippen molar-refractivity contribution in [1.82, 2.24) is 4.90 Å². The summed E-state index contributed by atoms with van der Waals surface area (Å²) < 4.78 is 10.6. The molecule has 0 N–H and O–H groups in total. The fourth-order valence-electron chi connectivity index (χ4n) is 2.50. The first-order valence-corrected chi connectivity index (χ1v) is 9.58. The molecular weight excluding hydrogens is 362 g/mol. The highest BCUT2D eigenvalue weighted by Crippen LogP contribution is 2.23. The third-order valence-electron chi connectivity index (χ3n) is 3.90. The molecule has 0 saturated carbocycles. The molecule has 1 aliphatic heterocycles. The minimum Gasteiger partial charge on any atom is -0.497 e. The number of carbonyl (C=O) groups is 1. The van der Waals surface area contributed by atoms with Gasteiger partial charge in [-0.25, -0.2) is 0 Å². The predicted octanol–water partition coefficient (Wildman–Crippen LogP) is 3.56. The number of nitrogens with zero attached hydrogens (tertiary/aromatic N) is 3. The van der Waals surface area contributed by atoms with Crippen LogP contribution in [0.3, 0.4) is 0 Å². The van der Waals surface area contributed by atoms with Gasteiger partial charge in [-0.3, -0.25) is 9.69 Å². The van der Waals surface area contributed by atoms with Crippen molar-refractivity contribution in [2.75, 3.05) is 19.5 Å². The maximum absolute atomic E-state index is 12.2. The first-order chi connectivity index (χ1) is 13.2. The summed E-state index contributed by atoms with van der Waals surface area (Å²) in [4.78, 5) is 13.9. The van der Waals surface area contributed by atoms with Gasteiger partial charge in [-0.1, -0.05) is 23.9 Å². The van der Waals surface area contributed by atoms with E-state index in [1.807, 2.05) is 55.5 Å². The molecule has 1 heterocycles. The summed E-state index contributed by atoms with van der Waals surface area (Å²) in [6, 6.07) is 15.2. The standard InChI is InChI=1S/C20H21N3O3S/c1-3-26-18-10-6-16(7-11-18)13-23-19(24)14-27-20(23)22-21-12-15-4-8-17(25-2)9-5-15/h4-12H,3,13-14H2,1-2H3/b21-12-,22-20+. The van der Waals surface area contributed by atoms with Gasteiger partial charge in [0.25, 0.3) is 0 Å². The molecule has 140 valence electrons. The van der Waals surface area contributed by atoms with Gasteiger partial charge in [-0.15, -0.1) is 5.10 Å². The third kappa shape index (κ3) is 5.10. The molecule has 0 radical (unpaired) electrons. The second kappa shape index (κ2) is 9.23. The van der Waals surface area contributed by atoms with Gasteiger partial charge in [0.2, 0.25) is 5.91 Å². The summed E-state index contributed by atoms with van der Waals surface area (Å²) in [6.07, 6.45) is 1.66. The van der Waals surface area contributed by atoms with E-state index in [1.165, 1.54) is 11.8 Å². The fraction of sp³-hybridized carbons (Fsp3) is 0.250. The van der Waals surface area contributed by atoms with Crippen molar-refractivity contribution in [3.8, 4) is 11.5 Å². The highest BCUT2D eigenvalue weighted by molar-refractivity contribution is 8.15. The molecule has 27 heavy (non-hydrogen) atoms. The highest BCUT2D eigenvalue weighted by atomic mass is 32.2. The Morgan fingerprint density at radius 2 is 1.81 bits per heavy atom. The van der Waals surface area contributed by atoms with Crippen molar-refractivity contribution in [3.63, 3.8) is 0 Å². The van der Waals surface area contributed by atoms with Gasteiger partial charge in [0.15, 0.2) is 5.17 Å². The van der Waals surface area contributed by atoms with Crippen LogP contribution in [0.4, 0.5) is 0 Å². The number of amides is 1. The van der Waals surface area contributed by atoms with E-state index in [9.17, 15) is 4.79 Å². The van der Waals surface area contributed by atoms with Gasteiger partial charge in [-0.2, -0.15) is 5.10 Å². The van der Waals surface area contributed by atoms with Crippen molar-refractivity contribution in [3.05, 3.63) is 59.7 Å². The smallest absolute Gasteiger partial charge is 0.239 e. The number of thioether (sulfide) groups is 1. The number of carbonyl (C=O) groups excluding carboxylic acids is 1. The Labute approximate surface area is 162 Å². The molecular formula is C20H21N3O3S. The van der Waals surface area contributed by atoms with E-state index in [-0.39, 0.29) is 5.91 Å². The lowest BCUT2D eigenvalue weighted by atomic mass is 10.2. The van der Waals surface area contributed by atoms with Crippen LogP contribution in [-0.2, 0) is 11.3 Å². The molecule has 0 aliphatic carbocycles. The van der Waals surface area contributed by atoms with Gasteiger partial charge in [-0.05, 0) is 54.4 Å². The van der Waals surface area contributed by atoms with E-state index in [0.717, 1.165) is 22.6 Å². The van der Waals surface area contributed by atoms with E-state index in [0.29, 0.717) is 24.1 Å². The lowest BCUT2D eigenvalue weighted by molar-refractivity contribution is -0.124. The number of amidine groups is 1. The summed E-state index contributed by atoms with van der Waals surface area (Å²) >= 11 is 1.40. The van der Waals surface area contributed by atoms with E-state index in [4.69, 9.17) is 9.47 Å². The zero-order valence-electron chi connectivity index (χ0n) is 15.3. The Morgan fingerprint density at radius 1 is 1.11 bits per heavy atom. The van der Waals surface area contributed by atoms with Gasteiger partial charge in [0, 0.05) is 0 Å². The maximum Gasteiger partial charge on any atom is 0.239 e. The Balaban J connectivity index is 1.67. The third-order valence-corrected chi connectivity index (χ3v) is 4.85. The molecule has 0 aromatic heterocycles. The molecule has 0 unspecified atom stereocenters. The minimum absolute atomic E-state index is 0.0345.